The molecular formula is C31H33N9O7. The van der Waals surface area contributed by atoms with Crippen molar-refractivity contribution in [3.8, 4) is 17.2 Å². The van der Waals surface area contributed by atoms with Crippen LogP contribution in [0, 0.1) is 0 Å². The van der Waals surface area contributed by atoms with Crippen LogP contribution >= 0.6 is 0 Å². The SMILES string of the molecule is COc1c(OCCN2CCN(C(=O)Oc3ccc(CC(=O)O)cc3)CC2)ccc2c3n(c(=NC(=O)c4cnc(N)nc4)nc12)CCN3. The number of hydrogen-bond donors (Lipinski definition) is 3. The fraction of sp³-hybridized carbons (Fsp3) is 0.323. The van der Waals surface area contributed by atoms with Gasteiger partial charge in [0.15, 0.2) is 11.5 Å². The lowest BCUT2D eigenvalue weighted by atomic mass is 10.1. The molecule has 0 atom stereocenters. The Morgan fingerprint density at radius 1 is 1.02 bits per heavy atom. The number of carboxylic acids is 1. The molecule has 0 saturated carbocycles. The largest absolute Gasteiger partial charge is 0.491 e. The zero-order valence-electron chi connectivity index (χ0n) is 25.6. The lowest BCUT2D eigenvalue weighted by Gasteiger charge is -2.33. The van der Waals surface area contributed by atoms with E-state index in [1.807, 2.05) is 16.7 Å². The van der Waals surface area contributed by atoms with Crippen LogP contribution < -0.4 is 30.9 Å². The Kier molecular flexibility index (Phi) is 9.10. The van der Waals surface area contributed by atoms with Crippen LogP contribution in [0.1, 0.15) is 15.9 Å². The molecule has 2 aromatic carbocycles. The highest BCUT2D eigenvalue weighted by Crippen LogP contribution is 2.37. The molecule has 4 N–H and O–H groups in total. The highest BCUT2D eigenvalue weighted by atomic mass is 16.6. The van der Waals surface area contributed by atoms with Gasteiger partial charge in [-0.1, -0.05) is 12.1 Å². The van der Waals surface area contributed by atoms with Crippen LogP contribution in [0.25, 0.3) is 10.9 Å². The number of piperazine rings is 1. The molecule has 1 saturated heterocycles. The number of methoxy groups -OCH3 is 1. The topological polar surface area (TPSA) is 200 Å². The number of amides is 2. The highest BCUT2D eigenvalue weighted by molar-refractivity contribution is 5.96. The summed E-state index contributed by atoms with van der Waals surface area (Å²) >= 11 is 0. The number of anilines is 2. The van der Waals surface area contributed by atoms with Crippen molar-refractivity contribution in [3.63, 3.8) is 0 Å². The lowest BCUT2D eigenvalue weighted by molar-refractivity contribution is -0.136. The number of nitrogen functional groups attached to an aromatic ring is 1. The number of nitrogens with one attached hydrogen (secondary N) is 1. The highest BCUT2D eigenvalue weighted by Gasteiger charge is 2.24. The predicted molar refractivity (Wildman–Crippen MR) is 168 cm³/mol. The first-order valence-corrected chi connectivity index (χ1v) is 14.9. The number of ether oxygens (including phenoxy) is 3. The molecule has 2 aliphatic heterocycles. The third-order valence-electron chi connectivity index (χ3n) is 7.81. The number of carboxylic acid groups (broad SMARTS) is 1. The summed E-state index contributed by atoms with van der Waals surface area (Å²) in [7, 11) is 1.54. The van der Waals surface area contributed by atoms with Gasteiger partial charge in [-0.05, 0) is 29.8 Å². The van der Waals surface area contributed by atoms with E-state index < -0.39 is 18.0 Å². The number of hydrogen-bond acceptors (Lipinski definition) is 12. The minimum Gasteiger partial charge on any atom is -0.491 e. The summed E-state index contributed by atoms with van der Waals surface area (Å²) in [5.41, 5.74) is 7.06. The molecule has 0 spiro atoms. The maximum absolute atomic E-state index is 12.9. The zero-order chi connectivity index (χ0) is 32.9. The van der Waals surface area contributed by atoms with Gasteiger partial charge in [0.2, 0.25) is 11.6 Å². The Balaban J connectivity index is 1.08. The van der Waals surface area contributed by atoms with Gasteiger partial charge in [-0.15, -0.1) is 0 Å². The van der Waals surface area contributed by atoms with Crippen molar-refractivity contribution in [1.29, 1.82) is 0 Å². The van der Waals surface area contributed by atoms with Gasteiger partial charge >= 0.3 is 12.1 Å². The molecular weight excluding hydrogens is 610 g/mol. The van der Waals surface area contributed by atoms with Gasteiger partial charge in [0.05, 0.1) is 19.1 Å². The van der Waals surface area contributed by atoms with Gasteiger partial charge in [-0.3, -0.25) is 19.1 Å². The molecule has 2 aromatic heterocycles. The average molecular weight is 644 g/mol. The molecule has 4 heterocycles. The van der Waals surface area contributed by atoms with Gasteiger partial charge in [-0.25, -0.2) is 19.7 Å². The molecule has 0 bridgehead atoms. The van der Waals surface area contributed by atoms with E-state index >= 15 is 0 Å². The van der Waals surface area contributed by atoms with Crippen molar-refractivity contribution >= 4 is 40.6 Å². The number of rotatable bonds is 9. The van der Waals surface area contributed by atoms with Gasteiger partial charge in [0.25, 0.3) is 5.91 Å². The second kappa shape index (κ2) is 13.7. The number of nitrogens with two attached hydrogens (primary N) is 1. The lowest BCUT2D eigenvalue weighted by Crippen LogP contribution is -2.50. The summed E-state index contributed by atoms with van der Waals surface area (Å²) in [4.78, 5) is 56.9. The standard InChI is InChI=1S/C31H33N9O7/c1-45-26-23(46-15-14-38-10-12-39(13-11-38)31(44)47-21-4-2-19(3-5-21)16-24(41)42)7-6-22-25(26)36-30(40-9-8-33-27(22)40)37-28(43)20-17-34-29(32)35-18-20/h2-7,17-18,33H,8-16H2,1H3,(H,41,42)(H2,32,34,35). The van der Waals surface area contributed by atoms with Gasteiger partial charge in [-0.2, -0.15) is 4.99 Å². The van der Waals surface area contributed by atoms with E-state index in [9.17, 15) is 14.4 Å². The molecule has 2 aliphatic rings. The van der Waals surface area contributed by atoms with E-state index in [1.54, 1.807) is 29.2 Å². The van der Waals surface area contributed by atoms with Crippen molar-refractivity contribution in [2.45, 2.75) is 13.0 Å². The Morgan fingerprint density at radius 2 is 1.77 bits per heavy atom. The normalized spacial score (nSPS) is 14.8. The van der Waals surface area contributed by atoms with E-state index in [1.165, 1.54) is 19.5 Å². The molecule has 1 fully saturated rings. The predicted octanol–water partition coefficient (Wildman–Crippen LogP) is 1.41. The van der Waals surface area contributed by atoms with Crippen LogP contribution in [-0.2, 0) is 17.8 Å². The summed E-state index contributed by atoms with van der Waals surface area (Å²) in [6, 6.07) is 10.2. The molecule has 4 aromatic rings. The fourth-order valence-corrected chi connectivity index (χ4v) is 5.40. The van der Waals surface area contributed by atoms with E-state index in [4.69, 9.17) is 30.0 Å². The third kappa shape index (κ3) is 7.06. The van der Waals surface area contributed by atoms with Crippen LogP contribution in [0.2, 0.25) is 0 Å². The van der Waals surface area contributed by atoms with Crippen LogP contribution in [0.5, 0.6) is 17.2 Å². The van der Waals surface area contributed by atoms with Crippen LogP contribution in [0.15, 0.2) is 53.8 Å². The van der Waals surface area contributed by atoms with Crippen LogP contribution in [-0.4, -0.2) is 105 Å². The molecule has 16 nitrogen and oxygen atoms in total. The zero-order valence-corrected chi connectivity index (χ0v) is 25.6. The summed E-state index contributed by atoms with van der Waals surface area (Å²) in [6.45, 7) is 4.46. The average Bonchev–Trinajstić information content (AvgIpc) is 3.57. The minimum absolute atomic E-state index is 0.0597. The first-order chi connectivity index (χ1) is 22.8. The summed E-state index contributed by atoms with van der Waals surface area (Å²) in [5.74, 6) is 0.635. The summed E-state index contributed by atoms with van der Waals surface area (Å²) < 4.78 is 19.2. The van der Waals surface area contributed by atoms with E-state index in [-0.39, 0.29) is 23.6 Å². The van der Waals surface area contributed by atoms with Gasteiger partial charge in [0, 0.05) is 63.6 Å². The number of benzene rings is 2. The van der Waals surface area contributed by atoms with E-state index in [0.717, 1.165) is 11.2 Å². The maximum atomic E-state index is 12.9. The Hall–Kier alpha value is -5.77. The molecule has 6 rings (SSSR count). The van der Waals surface area contributed by atoms with Gasteiger partial charge in [0.1, 0.15) is 23.7 Å². The first-order valence-electron chi connectivity index (χ1n) is 14.9. The Labute approximate surface area is 268 Å². The fourth-order valence-electron chi connectivity index (χ4n) is 5.40. The van der Waals surface area contributed by atoms with Crippen molar-refractivity contribution in [3.05, 3.63) is 65.5 Å². The first kappa shape index (κ1) is 31.2. The monoisotopic (exact) mass is 643 g/mol. The van der Waals surface area contributed by atoms with Crippen molar-refractivity contribution in [1.82, 2.24) is 29.3 Å². The van der Waals surface area contributed by atoms with Crippen molar-refractivity contribution in [2.75, 3.05) is 64.0 Å². The molecule has 16 heteroatoms. The minimum atomic E-state index is -0.923. The molecule has 0 unspecified atom stereocenters. The van der Waals surface area contributed by atoms with Crippen molar-refractivity contribution in [2.24, 2.45) is 4.99 Å². The summed E-state index contributed by atoms with van der Waals surface area (Å²) in [5, 5.41) is 13.1. The second-order valence-corrected chi connectivity index (χ2v) is 10.8. The van der Waals surface area contributed by atoms with Crippen LogP contribution in [0.4, 0.5) is 16.6 Å². The number of carbonyl (C=O) groups is 3. The number of aromatic nitrogens is 4. The second-order valence-electron chi connectivity index (χ2n) is 10.8. The molecule has 47 heavy (non-hydrogen) atoms. The molecule has 244 valence electrons. The van der Waals surface area contributed by atoms with Gasteiger partial charge < -0.3 is 35.3 Å². The Bertz CT molecular complexity index is 1870. The maximum Gasteiger partial charge on any atom is 0.415 e. The number of fused-ring (bicyclic) bond motifs is 3. The van der Waals surface area contributed by atoms with Crippen molar-refractivity contribution < 1.29 is 33.7 Å². The van der Waals surface area contributed by atoms with E-state index in [2.05, 4.69) is 25.2 Å². The smallest absolute Gasteiger partial charge is 0.415 e. The molecule has 0 aliphatic carbocycles. The van der Waals surface area contributed by atoms with E-state index in [0.29, 0.717) is 80.7 Å². The third-order valence-corrected chi connectivity index (χ3v) is 7.81. The Morgan fingerprint density at radius 3 is 2.47 bits per heavy atom. The van der Waals surface area contributed by atoms with Crippen LogP contribution in [0.3, 0.4) is 0 Å². The summed E-state index contributed by atoms with van der Waals surface area (Å²) in [6.07, 6.45) is 2.10. The molecule has 2 amide bonds. The quantitative estimate of drug-likeness (QED) is 0.237. The molecule has 0 radical (unpaired) electrons. The number of carbonyl (C=O) groups excluding carboxylic acids is 2. The number of aliphatic carboxylic acids is 1. The number of nitrogens with zero attached hydrogens (tertiary/aromatic N) is 7.